The summed E-state index contributed by atoms with van der Waals surface area (Å²) in [6, 6.07) is 6.48. The van der Waals surface area contributed by atoms with Crippen LogP contribution in [0.25, 0.3) is 0 Å². The van der Waals surface area contributed by atoms with Gasteiger partial charge in [-0.1, -0.05) is 12.1 Å². The van der Waals surface area contributed by atoms with Gasteiger partial charge in [-0.15, -0.1) is 11.8 Å². The Bertz CT molecular complexity index is 467. The van der Waals surface area contributed by atoms with Crippen molar-refractivity contribution in [2.45, 2.75) is 12.2 Å². The van der Waals surface area contributed by atoms with Gasteiger partial charge in [-0.25, -0.2) is 0 Å². The summed E-state index contributed by atoms with van der Waals surface area (Å²) in [5.41, 5.74) is 0.911. The predicted octanol–water partition coefficient (Wildman–Crippen LogP) is 2.15. The number of amides is 1. The molecule has 0 unspecified atom stereocenters. The molecular formula is C13H18N2O4S. The number of hydrogen-bond donors (Lipinski definition) is 1. The lowest BCUT2D eigenvalue weighted by Gasteiger charge is -2.11. The zero-order valence-electron chi connectivity index (χ0n) is 11.5. The molecule has 7 heteroatoms. The molecule has 0 spiro atoms. The molecule has 1 atom stereocenters. The van der Waals surface area contributed by atoms with Gasteiger partial charge in [0.1, 0.15) is 0 Å². The third-order valence-electron chi connectivity index (χ3n) is 2.64. The molecule has 1 aromatic carbocycles. The van der Waals surface area contributed by atoms with E-state index in [-0.39, 0.29) is 16.8 Å². The molecule has 0 aromatic heterocycles. The first-order chi connectivity index (χ1) is 9.54. The average Bonchev–Trinajstić information content (AvgIpc) is 2.45. The molecule has 0 saturated heterocycles. The first kappa shape index (κ1) is 16.5. The van der Waals surface area contributed by atoms with Gasteiger partial charge in [0.15, 0.2) is 0 Å². The quantitative estimate of drug-likeness (QED) is 0.452. The van der Waals surface area contributed by atoms with Crippen LogP contribution in [0.5, 0.6) is 0 Å². The number of carbonyl (C=O) groups is 1. The van der Waals surface area contributed by atoms with Crippen LogP contribution in [0.4, 0.5) is 5.69 Å². The summed E-state index contributed by atoms with van der Waals surface area (Å²) in [7, 11) is 1.57. The number of thioether (sulfide) groups is 1. The van der Waals surface area contributed by atoms with Crippen LogP contribution < -0.4 is 5.32 Å². The highest BCUT2D eigenvalue weighted by atomic mass is 32.2. The molecule has 20 heavy (non-hydrogen) atoms. The summed E-state index contributed by atoms with van der Waals surface area (Å²) < 4.78 is 4.84. The Morgan fingerprint density at radius 1 is 1.55 bits per heavy atom. The van der Waals surface area contributed by atoms with Crippen molar-refractivity contribution >= 4 is 23.4 Å². The highest BCUT2D eigenvalue weighted by Crippen LogP contribution is 2.29. The molecule has 0 aliphatic carbocycles. The smallest absolute Gasteiger partial charge is 0.269 e. The van der Waals surface area contributed by atoms with Crippen LogP contribution in [-0.2, 0) is 9.53 Å². The lowest BCUT2D eigenvalue weighted by atomic mass is 10.1. The number of hydrogen-bond acceptors (Lipinski definition) is 5. The van der Waals surface area contributed by atoms with Crippen LogP contribution >= 0.6 is 11.8 Å². The molecule has 110 valence electrons. The molecule has 1 N–H and O–H groups in total. The normalized spacial score (nSPS) is 11.9. The van der Waals surface area contributed by atoms with Crippen LogP contribution in [-0.4, -0.2) is 36.8 Å². The summed E-state index contributed by atoms with van der Waals surface area (Å²) in [5.74, 6) is 0.248. The van der Waals surface area contributed by atoms with Crippen molar-refractivity contribution in [3.8, 4) is 0 Å². The van der Waals surface area contributed by atoms with Crippen molar-refractivity contribution in [3.63, 3.8) is 0 Å². The monoisotopic (exact) mass is 298 g/mol. The minimum atomic E-state index is -0.418. The minimum Gasteiger partial charge on any atom is -0.383 e. The Morgan fingerprint density at radius 3 is 2.95 bits per heavy atom. The zero-order chi connectivity index (χ0) is 15.0. The van der Waals surface area contributed by atoms with Crippen molar-refractivity contribution in [3.05, 3.63) is 39.9 Å². The van der Waals surface area contributed by atoms with Gasteiger partial charge in [-0.3, -0.25) is 14.9 Å². The van der Waals surface area contributed by atoms with E-state index in [0.29, 0.717) is 18.9 Å². The SMILES string of the molecule is COCCNC(=O)CS[C@@H](C)c1cccc([N+](=O)[O-])c1. The second kappa shape index (κ2) is 8.55. The summed E-state index contributed by atoms with van der Waals surface area (Å²) in [5, 5.41) is 13.5. The Hall–Kier alpha value is -1.60. The fourth-order valence-electron chi connectivity index (χ4n) is 1.53. The predicted molar refractivity (Wildman–Crippen MR) is 78.9 cm³/mol. The van der Waals surface area contributed by atoms with Gasteiger partial charge in [0.05, 0.1) is 17.3 Å². The molecule has 1 rings (SSSR count). The molecule has 0 fully saturated rings. The van der Waals surface area contributed by atoms with Crippen LogP contribution in [0.1, 0.15) is 17.7 Å². The van der Waals surface area contributed by atoms with E-state index < -0.39 is 4.92 Å². The second-order valence-electron chi connectivity index (χ2n) is 4.15. The first-order valence-corrected chi connectivity index (χ1v) is 7.21. The van der Waals surface area contributed by atoms with E-state index >= 15 is 0 Å². The van der Waals surface area contributed by atoms with Gasteiger partial charge >= 0.3 is 0 Å². The number of nitro groups is 1. The number of ether oxygens (including phenoxy) is 1. The van der Waals surface area contributed by atoms with E-state index in [9.17, 15) is 14.9 Å². The van der Waals surface area contributed by atoms with Crippen LogP contribution in [0, 0.1) is 10.1 Å². The number of nitrogens with zero attached hydrogens (tertiary/aromatic N) is 1. The van der Waals surface area contributed by atoms with Crippen molar-refractivity contribution in [2.75, 3.05) is 26.0 Å². The molecule has 0 aliphatic rings. The average molecular weight is 298 g/mol. The third-order valence-corrected chi connectivity index (χ3v) is 3.84. The summed E-state index contributed by atoms with van der Waals surface area (Å²) in [4.78, 5) is 21.8. The number of nitro benzene ring substituents is 1. The standard InChI is InChI=1S/C13H18N2O4S/c1-10(20-9-13(16)14-6-7-19-2)11-4-3-5-12(8-11)15(17)18/h3-5,8,10H,6-7,9H2,1-2H3,(H,14,16)/t10-/m0/s1. The molecule has 1 aromatic rings. The molecule has 0 radical (unpaired) electrons. The highest BCUT2D eigenvalue weighted by Gasteiger charge is 2.12. The Kier molecular flexibility index (Phi) is 7.03. The van der Waals surface area contributed by atoms with E-state index in [1.54, 1.807) is 19.2 Å². The zero-order valence-corrected chi connectivity index (χ0v) is 12.3. The van der Waals surface area contributed by atoms with Crippen molar-refractivity contribution in [2.24, 2.45) is 0 Å². The fourth-order valence-corrected chi connectivity index (χ4v) is 2.37. The number of methoxy groups -OCH3 is 1. The largest absolute Gasteiger partial charge is 0.383 e. The topological polar surface area (TPSA) is 81.5 Å². The van der Waals surface area contributed by atoms with E-state index in [0.717, 1.165) is 5.56 Å². The maximum atomic E-state index is 11.5. The van der Waals surface area contributed by atoms with Crippen LogP contribution in [0.3, 0.4) is 0 Å². The minimum absolute atomic E-state index is 0.0167. The van der Waals surface area contributed by atoms with Gasteiger partial charge in [-0.2, -0.15) is 0 Å². The molecular weight excluding hydrogens is 280 g/mol. The van der Waals surface area contributed by atoms with Gasteiger partial charge in [0.25, 0.3) is 5.69 Å². The number of rotatable bonds is 8. The lowest BCUT2D eigenvalue weighted by molar-refractivity contribution is -0.384. The molecule has 0 saturated carbocycles. The summed E-state index contributed by atoms with van der Waals surface area (Å²) >= 11 is 1.44. The molecule has 1 amide bonds. The number of benzene rings is 1. The fraction of sp³-hybridized carbons (Fsp3) is 0.462. The second-order valence-corrected chi connectivity index (χ2v) is 5.48. The van der Waals surface area contributed by atoms with E-state index in [1.165, 1.54) is 17.8 Å². The number of carbonyl (C=O) groups excluding carboxylic acids is 1. The van der Waals surface area contributed by atoms with E-state index in [4.69, 9.17) is 4.74 Å². The maximum Gasteiger partial charge on any atom is 0.269 e. The third kappa shape index (κ3) is 5.58. The van der Waals surface area contributed by atoms with Gasteiger partial charge < -0.3 is 10.1 Å². The molecule has 0 heterocycles. The van der Waals surface area contributed by atoms with Gasteiger partial charge in [0.2, 0.25) is 5.91 Å². The number of non-ortho nitro benzene ring substituents is 1. The molecule has 0 bridgehead atoms. The highest BCUT2D eigenvalue weighted by molar-refractivity contribution is 8.00. The maximum absolute atomic E-state index is 11.5. The number of nitrogens with one attached hydrogen (secondary N) is 1. The Balaban J connectivity index is 2.46. The van der Waals surface area contributed by atoms with Crippen LogP contribution in [0.15, 0.2) is 24.3 Å². The Morgan fingerprint density at radius 2 is 2.30 bits per heavy atom. The van der Waals surface area contributed by atoms with E-state index in [2.05, 4.69) is 5.32 Å². The Labute approximate surface area is 122 Å². The lowest BCUT2D eigenvalue weighted by Crippen LogP contribution is -2.28. The summed E-state index contributed by atoms with van der Waals surface area (Å²) in [6.45, 7) is 2.89. The van der Waals surface area contributed by atoms with Gasteiger partial charge in [-0.05, 0) is 12.5 Å². The van der Waals surface area contributed by atoms with Crippen molar-refractivity contribution in [1.29, 1.82) is 0 Å². The van der Waals surface area contributed by atoms with Crippen molar-refractivity contribution in [1.82, 2.24) is 5.32 Å². The van der Waals surface area contributed by atoms with E-state index in [1.807, 2.05) is 13.0 Å². The molecule has 6 nitrogen and oxygen atoms in total. The summed E-state index contributed by atoms with van der Waals surface area (Å²) in [6.07, 6.45) is 0. The van der Waals surface area contributed by atoms with Gasteiger partial charge in [0, 0.05) is 31.0 Å². The first-order valence-electron chi connectivity index (χ1n) is 6.16. The van der Waals surface area contributed by atoms with Crippen LogP contribution in [0.2, 0.25) is 0 Å². The van der Waals surface area contributed by atoms with Crippen molar-refractivity contribution < 1.29 is 14.5 Å². The molecule has 0 aliphatic heterocycles.